The predicted molar refractivity (Wildman–Crippen MR) is 46.8 cm³/mol. The molecule has 1 saturated heterocycles. The van der Waals surface area contributed by atoms with Gasteiger partial charge in [-0.05, 0) is 12.5 Å². The summed E-state index contributed by atoms with van der Waals surface area (Å²) in [4.78, 5) is 0. The largest absolute Gasteiger partial charge is 0.325 e. The summed E-state index contributed by atoms with van der Waals surface area (Å²) in [7, 11) is 0. The van der Waals surface area contributed by atoms with E-state index in [1.165, 1.54) is 5.56 Å². The highest BCUT2D eigenvalue weighted by Crippen LogP contribution is 2.13. The molecule has 0 aromatic carbocycles. The minimum absolute atomic E-state index is 0.198. The molecule has 0 radical (unpaired) electrons. The van der Waals surface area contributed by atoms with Crippen LogP contribution in [0, 0.1) is 6.92 Å². The van der Waals surface area contributed by atoms with Crippen molar-refractivity contribution in [3.05, 3.63) is 18.0 Å². The molecular formula is C8H14N4. The first-order valence-electron chi connectivity index (χ1n) is 4.24. The van der Waals surface area contributed by atoms with Crippen molar-refractivity contribution in [2.75, 3.05) is 13.1 Å². The maximum Gasteiger partial charge on any atom is 0.0806 e. The summed E-state index contributed by atoms with van der Waals surface area (Å²) in [5.74, 6) is 0. The van der Waals surface area contributed by atoms with Gasteiger partial charge in [0.1, 0.15) is 0 Å². The SMILES string of the molecule is Cc1cnn(C2CNCC2N)c1. The summed E-state index contributed by atoms with van der Waals surface area (Å²) < 4.78 is 1.96. The Morgan fingerprint density at radius 3 is 3.00 bits per heavy atom. The number of aromatic nitrogens is 2. The van der Waals surface area contributed by atoms with E-state index in [1.54, 1.807) is 0 Å². The van der Waals surface area contributed by atoms with Crippen LogP contribution in [0.3, 0.4) is 0 Å². The molecule has 2 atom stereocenters. The molecule has 1 fully saturated rings. The third-order valence-corrected chi connectivity index (χ3v) is 2.30. The second kappa shape index (κ2) is 2.88. The fourth-order valence-corrected chi connectivity index (χ4v) is 1.59. The van der Waals surface area contributed by atoms with Crippen molar-refractivity contribution in [2.45, 2.75) is 19.0 Å². The van der Waals surface area contributed by atoms with Gasteiger partial charge >= 0.3 is 0 Å². The van der Waals surface area contributed by atoms with E-state index >= 15 is 0 Å². The van der Waals surface area contributed by atoms with Gasteiger partial charge in [-0.15, -0.1) is 0 Å². The summed E-state index contributed by atoms with van der Waals surface area (Å²) >= 11 is 0. The van der Waals surface area contributed by atoms with Gasteiger partial charge in [0.15, 0.2) is 0 Å². The van der Waals surface area contributed by atoms with Crippen molar-refractivity contribution in [2.24, 2.45) is 5.73 Å². The predicted octanol–water partition coefficient (Wildman–Crippen LogP) is -0.337. The molecule has 1 aromatic heterocycles. The van der Waals surface area contributed by atoms with Gasteiger partial charge < -0.3 is 11.1 Å². The monoisotopic (exact) mass is 166 g/mol. The molecule has 2 unspecified atom stereocenters. The average Bonchev–Trinajstić information content (AvgIpc) is 2.58. The van der Waals surface area contributed by atoms with Gasteiger partial charge in [-0.25, -0.2) is 0 Å². The van der Waals surface area contributed by atoms with E-state index in [4.69, 9.17) is 5.73 Å². The van der Waals surface area contributed by atoms with Gasteiger partial charge in [-0.3, -0.25) is 4.68 Å². The highest BCUT2D eigenvalue weighted by atomic mass is 15.3. The number of rotatable bonds is 1. The lowest BCUT2D eigenvalue weighted by molar-refractivity contribution is 0.446. The number of nitrogens with two attached hydrogens (primary N) is 1. The lowest BCUT2D eigenvalue weighted by atomic mass is 10.2. The van der Waals surface area contributed by atoms with Crippen molar-refractivity contribution in [3.63, 3.8) is 0 Å². The molecule has 2 heterocycles. The lowest BCUT2D eigenvalue weighted by Crippen LogP contribution is -2.31. The van der Waals surface area contributed by atoms with E-state index < -0.39 is 0 Å². The summed E-state index contributed by atoms with van der Waals surface area (Å²) in [5.41, 5.74) is 7.09. The Morgan fingerprint density at radius 2 is 2.50 bits per heavy atom. The third kappa shape index (κ3) is 1.23. The molecule has 4 nitrogen and oxygen atoms in total. The lowest BCUT2D eigenvalue weighted by Gasteiger charge is -2.13. The van der Waals surface area contributed by atoms with Crippen LogP contribution in [0.25, 0.3) is 0 Å². The zero-order valence-corrected chi connectivity index (χ0v) is 7.20. The van der Waals surface area contributed by atoms with E-state index in [0.29, 0.717) is 6.04 Å². The molecule has 1 aromatic rings. The molecule has 0 aliphatic carbocycles. The number of hydrogen-bond acceptors (Lipinski definition) is 3. The van der Waals surface area contributed by atoms with Crippen molar-refractivity contribution in [3.8, 4) is 0 Å². The van der Waals surface area contributed by atoms with Crippen LogP contribution in [-0.2, 0) is 0 Å². The molecule has 1 aliphatic rings. The molecule has 2 rings (SSSR count). The minimum atomic E-state index is 0.198. The molecule has 0 bridgehead atoms. The summed E-state index contributed by atoms with van der Waals surface area (Å²) in [5, 5.41) is 7.49. The van der Waals surface area contributed by atoms with Gasteiger partial charge in [0.05, 0.1) is 12.2 Å². The first-order chi connectivity index (χ1) is 5.77. The molecule has 0 saturated carbocycles. The number of nitrogens with zero attached hydrogens (tertiary/aromatic N) is 2. The molecule has 3 N–H and O–H groups in total. The smallest absolute Gasteiger partial charge is 0.0806 e. The highest BCUT2D eigenvalue weighted by Gasteiger charge is 2.25. The number of hydrogen-bond donors (Lipinski definition) is 2. The molecular weight excluding hydrogens is 152 g/mol. The van der Waals surface area contributed by atoms with Crippen molar-refractivity contribution in [1.29, 1.82) is 0 Å². The van der Waals surface area contributed by atoms with Gasteiger partial charge in [0.2, 0.25) is 0 Å². The number of nitrogens with one attached hydrogen (secondary N) is 1. The fourth-order valence-electron chi connectivity index (χ4n) is 1.59. The van der Waals surface area contributed by atoms with E-state index in [-0.39, 0.29) is 6.04 Å². The highest BCUT2D eigenvalue weighted by molar-refractivity contribution is 5.02. The fraction of sp³-hybridized carbons (Fsp3) is 0.625. The number of aryl methyl sites for hydroxylation is 1. The van der Waals surface area contributed by atoms with E-state index in [2.05, 4.69) is 10.4 Å². The average molecular weight is 166 g/mol. The van der Waals surface area contributed by atoms with Crippen LogP contribution in [0.4, 0.5) is 0 Å². The molecule has 1 aliphatic heterocycles. The van der Waals surface area contributed by atoms with Crippen molar-refractivity contribution < 1.29 is 0 Å². The minimum Gasteiger partial charge on any atom is -0.325 e. The Morgan fingerprint density at radius 1 is 1.67 bits per heavy atom. The molecule has 0 spiro atoms. The Balaban J connectivity index is 2.19. The summed E-state index contributed by atoms with van der Waals surface area (Å²) in [6.45, 7) is 3.86. The van der Waals surface area contributed by atoms with Crippen molar-refractivity contribution in [1.82, 2.24) is 15.1 Å². The first-order valence-corrected chi connectivity index (χ1v) is 4.24. The molecule has 0 amide bonds. The topological polar surface area (TPSA) is 55.9 Å². The van der Waals surface area contributed by atoms with E-state index in [0.717, 1.165) is 13.1 Å². The summed E-state index contributed by atoms with van der Waals surface area (Å²) in [6.07, 6.45) is 3.91. The Labute approximate surface area is 71.7 Å². The third-order valence-electron chi connectivity index (χ3n) is 2.30. The Hall–Kier alpha value is -0.870. The Bertz CT molecular complexity index is 268. The maximum atomic E-state index is 5.90. The molecule has 66 valence electrons. The zero-order valence-electron chi connectivity index (χ0n) is 7.20. The van der Waals surface area contributed by atoms with Crippen LogP contribution in [0.15, 0.2) is 12.4 Å². The maximum absolute atomic E-state index is 5.90. The first kappa shape index (κ1) is 7.76. The van der Waals surface area contributed by atoms with Crippen LogP contribution >= 0.6 is 0 Å². The van der Waals surface area contributed by atoms with Gasteiger partial charge in [-0.1, -0.05) is 0 Å². The molecule has 12 heavy (non-hydrogen) atoms. The standard InChI is InChI=1S/C8H14N4/c1-6-2-11-12(5-6)8-4-10-3-7(8)9/h2,5,7-8,10H,3-4,9H2,1H3. The molecule has 4 heteroatoms. The van der Waals surface area contributed by atoms with Crippen LogP contribution < -0.4 is 11.1 Å². The summed E-state index contributed by atoms with van der Waals surface area (Å²) in [6, 6.07) is 0.531. The van der Waals surface area contributed by atoms with E-state index in [9.17, 15) is 0 Å². The van der Waals surface area contributed by atoms with Gasteiger partial charge in [0.25, 0.3) is 0 Å². The second-order valence-electron chi connectivity index (χ2n) is 3.39. The van der Waals surface area contributed by atoms with Crippen LogP contribution in [0.2, 0.25) is 0 Å². The zero-order chi connectivity index (χ0) is 8.55. The van der Waals surface area contributed by atoms with Crippen LogP contribution in [-0.4, -0.2) is 28.9 Å². The van der Waals surface area contributed by atoms with Gasteiger partial charge in [-0.2, -0.15) is 5.10 Å². The van der Waals surface area contributed by atoms with Crippen LogP contribution in [0.5, 0.6) is 0 Å². The Kier molecular flexibility index (Phi) is 1.86. The van der Waals surface area contributed by atoms with Crippen molar-refractivity contribution >= 4 is 0 Å². The van der Waals surface area contributed by atoms with E-state index in [1.807, 2.05) is 24.0 Å². The van der Waals surface area contributed by atoms with Gasteiger partial charge in [0, 0.05) is 25.3 Å². The second-order valence-corrected chi connectivity index (χ2v) is 3.39. The quantitative estimate of drug-likeness (QED) is 0.600. The van der Waals surface area contributed by atoms with Crippen LogP contribution in [0.1, 0.15) is 11.6 Å². The normalized spacial score (nSPS) is 29.5.